The molecule has 2 rings (SSSR count). The standard InChI is InChI=1S/C15H16FN3O/c1-10-8-12(11(2)19(10)3)9-17-18-15(20)13-6-4-5-7-14(13)16/h4-9H,1-3H3,(H,18,20)/b17-9-. The summed E-state index contributed by atoms with van der Waals surface area (Å²) in [7, 11) is 1.96. The van der Waals surface area contributed by atoms with Gasteiger partial charge in [0.25, 0.3) is 5.91 Å². The van der Waals surface area contributed by atoms with Crippen molar-refractivity contribution in [3.8, 4) is 0 Å². The van der Waals surface area contributed by atoms with Crippen LogP contribution in [0.4, 0.5) is 4.39 Å². The molecule has 1 aromatic carbocycles. The zero-order valence-electron chi connectivity index (χ0n) is 11.6. The van der Waals surface area contributed by atoms with Gasteiger partial charge in [-0.05, 0) is 32.0 Å². The number of nitrogens with zero attached hydrogens (tertiary/aromatic N) is 2. The second kappa shape index (κ2) is 5.69. The van der Waals surface area contributed by atoms with Gasteiger partial charge in [0.1, 0.15) is 5.82 Å². The van der Waals surface area contributed by atoms with Crippen LogP contribution in [0.3, 0.4) is 0 Å². The molecule has 0 aliphatic rings. The highest BCUT2D eigenvalue weighted by Gasteiger charge is 2.09. The van der Waals surface area contributed by atoms with Crippen molar-refractivity contribution in [2.75, 3.05) is 0 Å². The highest BCUT2D eigenvalue weighted by Crippen LogP contribution is 2.10. The fraction of sp³-hybridized carbons (Fsp3) is 0.200. The van der Waals surface area contributed by atoms with Gasteiger partial charge < -0.3 is 4.57 Å². The molecule has 1 N–H and O–H groups in total. The number of carbonyl (C=O) groups is 1. The van der Waals surface area contributed by atoms with Gasteiger partial charge in [-0.1, -0.05) is 12.1 Å². The van der Waals surface area contributed by atoms with E-state index >= 15 is 0 Å². The molecule has 0 radical (unpaired) electrons. The highest BCUT2D eigenvalue weighted by atomic mass is 19.1. The van der Waals surface area contributed by atoms with Crippen LogP contribution >= 0.6 is 0 Å². The van der Waals surface area contributed by atoms with Crippen LogP contribution in [-0.4, -0.2) is 16.7 Å². The van der Waals surface area contributed by atoms with Crippen molar-refractivity contribution in [3.63, 3.8) is 0 Å². The molecule has 4 nitrogen and oxygen atoms in total. The molecule has 0 saturated heterocycles. The minimum absolute atomic E-state index is 0.0226. The molecule has 0 spiro atoms. The van der Waals surface area contributed by atoms with Gasteiger partial charge >= 0.3 is 0 Å². The Morgan fingerprint density at radius 2 is 2.05 bits per heavy atom. The first-order valence-electron chi connectivity index (χ1n) is 6.21. The van der Waals surface area contributed by atoms with Gasteiger partial charge in [-0.15, -0.1) is 0 Å². The molecule has 20 heavy (non-hydrogen) atoms. The maximum atomic E-state index is 13.4. The lowest BCUT2D eigenvalue weighted by atomic mass is 10.2. The van der Waals surface area contributed by atoms with Crippen molar-refractivity contribution in [1.82, 2.24) is 9.99 Å². The number of nitrogens with one attached hydrogen (secondary N) is 1. The molecule has 1 heterocycles. The zero-order valence-corrected chi connectivity index (χ0v) is 11.6. The molecule has 0 bridgehead atoms. The third kappa shape index (κ3) is 2.77. The van der Waals surface area contributed by atoms with Crippen LogP contribution in [0.15, 0.2) is 35.4 Å². The summed E-state index contributed by atoms with van der Waals surface area (Å²) < 4.78 is 15.4. The Kier molecular flexibility index (Phi) is 3.98. The number of benzene rings is 1. The maximum Gasteiger partial charge on any atom is 0.274 e. The summed E-state index contributed by atoms with van der Waals surface area (Å²) >= 11 is 0. The Morgan fingerprint density at radius 3 is 2.65 bits per heavy atom. The molecule has 0 aliphatic carbocycles. The number of hydrogen-bond donors (Lipinski definition) is 1. The lowest BCUT2D eigenvalue weighted by Gasteiger charge is -2.01. The van der Waals surface area contributed by atoms with Gasteiger partial charge in [0.05, 0.1) is 11.8 Å². The third-order valence-electron chi connectivity index (χ3n) is 3.30. The van der Waals surface area contributed by atoms with E-state index in [-0.39, 0.29) is 5.56 Å². The van der Waals surface area contributed by atoms with Crippen LogP contribution in [0.5, 0.6) is 0 Å². The largest absolute Gasteiger partial charge is 0.352 e. The summed E-state index contributed by atoms with van der Waals surface area (Å²) in [6.07, 6.45) is 1.56. The Bertz CT molecular complexity index is 674. The van der Waals surface area contributed by atoms with Gasteiger partial charge in [-0.2, -0.15) is 5.10 Å². The number of hydrogen-bond acceptors (Lipinski definition) is 2. The average molecular weight is 273 g/mol. The SMILES string of the molecule is Cc1cc(/C=N\NC(=O)c2ccccc2F)c(C)n1C. The van der Waals surface area contributed by atoms with E-state index in [1.165, 1.54) is 18.2 Å². The summed E-state index contributed by atoms with van der Waals surface area (Å²) in [6.45, 7) is 3.95. The second-order valence-electron chi connectivity index (χ2n) is 4.56. The minimum atomic E-state index is -0.565. The van der Waals surface area contributed by atoms with Crippen molar-refractivity contribution >= 4 is 12.1 Å². The van der Waals surface area contributed by atoms with Crippen LogP contribution in [0.2, 0.25) is 0 Å². The van der Waals surface area contributed by atoms with Crippen LogP contribution in [0.25, 0.3) is 0 Å². The minimum Gasteiger partial charge on any atom is -0.352 e. The van der Waals surface area contributed by atoms with E-state index in [1.54, 1.807) is 12.3 Å². The van der Waals surface area contributed by atoms with E-state index < -0.39 is 11.7 Å². The molecular weight excluding hydrogens is 257 g/mol. The predicted molar refractivity (Wildman–Crippen MR) is 76.3 cm³/mol. The number of hydrazone groups is 1. The zero-order chi connectivity index (χ0) is 14.7. The average Bonchev–Trinajstić information content (AvgIpc) is 2.67. The first kappa shape index (κ1) is 14.0. The third-order valence-corrected chi connectivity index (χ3v) is 3.30. The maximum absolute atomic E-state index is 13.4. The Hall–Kier alpha value is -2.43. The van der Waals surface area contributed by atoms with Crippen molar-refractivity contribution in [3.05, 3.63) is 58.7 Å². The molecule has 1 aromatic heterocycles. The predicted octanol–water partition coefficient (Wildman–Crippen LogP) is 2.54. The van der Waals surface area contributed by atoms with E-state index in [0.29, 0.717) is 0 Å². The molecule has 5 heteroatoms. The quantitative estimate of drug-likeness (QED) is 0.678. The first-order valence-corrected chi connectivity index (χ1v) is 6.21. The summed E-state index contributed by atoms with van der Waals surface area (Å²) in [5, 5.41) is 3.87. The summed E-state index contributed by atoms with van der Waals surface area (Å²) in [5.74, 6) is -1.13. The Morgan fingerprint density at radius 1 is 1.35 bits per heavy atom. The highest BCUT2D eigenvalue weighted by molar-refractivity contribution is 5.95. The van der Waals surface area contributed by atoms with Crippen LogP contribution < -0.4 is 5.43 Å². The number of rotatable bonds is 3. The lowest BCUT2D eigenvalue weighted by Crippen LogP contribution is -2.18. The molecule has 104 valence electrons. The number of carbonyl (C=O) groups excluding carboxylic acids is 1. The van der Waals surface area contributed by atoms with Gasteiger partial charge in [0.2, 0.25) is 0 Å². The van der Waals surface area contributed by atoms with Crippen molar-refractivity contribution in [2.45, 2.75) is 13.8 Å². The fourth-order valence-corrected chi connectivity index (χ4v) is 1.88. The van der Waals surface area contributed by atoms with Gasteiger partial charge in [0, 0.05) is 24.0 Å². The van der Waals surface area contributed by atoms with E-state index in [4.69, 9.17) is 0 Å². The molecule has 0 saturated carbocycles. The van der Waals surface area contributed by atoms with E-state index in [9.17, 15) is 9.18 Å². The summed E-state index contributed by atoms with van der Waals surface area (Å²) in [4.78, 5) is 11.7. The molecule has 0 fully saturated rings. The molecule has 2 aromatic rings. The van der Waals surface area contributed by atoms with Gasteiger partial charge in [0.15, 0.2) is 0 Å². The summed E-state index contributed by atoms with van der Waals surface area (Å²) in [5.41, 5.74) is 5.37. The topological polar surface area (TPSA) is 46.4 Å². The molecule has 1 amide bonds. The van der Waals surface area contributed by atoms with Crippen molar-refractivity contribution < 1.29 is 9.18 Å². The molecule has 0 unspecified atom stereocenters. The van der Waals surface area contributed by atoms with E-state index in [2.05, 4.69) is 10.5 Å². The van der Waals surface area contributed by atoms with Gasteiger partial charge in [-0.25, -0.2) is 9.82 Å². The fourth-order valence-electron chi connectivity index (χ4n) is 1.88. The van der Waals surface area contributed by atoms with Crippen LogP contribution in [0.1, 0.15) is 27.3 Å². The Balaban J connectivity index is 2.09. The number of amides is 1. The Labute approximate surface area is 116 Å². The second-order valence-corrected chi connectivity index (χ2v) is 4.56. The summed E-state index contributed by atoms with van der Waals surface area (Å²) in [6, 6.07) is 7.76. The smallest absolute Gasteiger partial charge is 0.274 e. The number of aromatic nitrogens is 1. The normalized spacial score (nSPS) is 11.0. The van der Waals surface area contributed by atoms with Crippen molar-refractivity contribution in [2.24, 2.45) is 12.1 Å². The molecular formula is C15H16FN3O. The number of aryl methyl sites for hydroxylation is 1. The first-order chi connectivity index (χ1) is 9.50. The van der Waals surface area contributed by atoms with Crippen LogP contribution in [0, 0.1) is 19.7 Å². The molecule has 0 atom stereocenters. The molecule has 0 aliphatic heterocycles. The number of halogens is 1. The van der Waals surface area contributed by atoms with Crippen molar-refractivity contribution in [1.29, 1.82) is 0 Å². The van der Waals surface area contributed by atoms with Gasteiger partial charge in [-0.3, -0.25) is 4.79 Å². The lowest BCUT2D eigenvalue weighted by molar-refractivity contribution is 0.0951. The van der Waals surface area contributed by atoms with E-state index in [0.717, 1.165) is 17.0 Å². The monoisotopic (exact) mass is 273 g/mol. The van der Waals surface area contributed by atoms with Crippen LogP contribution in [-0.2, 0) is 7.05 Å². The van der Waals surface area contributed by atoms with E-state index in [1.807, 2.05) is 31.5 Å².